The summed E-state index contributed by atoms with van der Waals surface area (Å²) in [6.07, 6.45) is 0. The summed E-state index contributed by atoms with van der Waals surface area (Å²) >= 11 is 1.54. The van der Waals surface area contributed by atoms with Crippen molar-refractivity contribution in [2.75, 3.05) is 0 Å². The Morgan fingerprint density at radius 3 is 2.05 bits per heavy atom. The van der Waals surface area contributed by atoms with Crippen LogP contribution in [0.5, 0.6) is 0 Å². The lowest BCUT2D eigenvalue weighted by molar-refractivity contribution is 0.598. The third kappa shape index (κ3) is 2.94. The van der Waals surface area contributed by atoms with Crippen LogP contribution in [0.3, 0.4) is 0 Å². The summed E-state index contributed by atoms with van der Waals surface area (Å²) in [4.78, 5) is 1.07. The number of hydrogen-bond donors (Lipinski definition) is 1. The van der Waals surface area contributed by atoms with Gasteiger partial charge in [-0.05, 0) is 46.8 Å². The molecule has 0 aliphatic rings. The molecule has 0 saturated heterocycles. The molecule has 1 heterocycles. The molecule has 2 N–H and O–H groups in total. The Morgan fingerprint density at radius 1 is 0.864 bits per heavy atom. The first-order valence-corrected chi connectivity index (χ1v) is 8.84. The van der Waals surface area contributed by atoms with Crippen molar-refractivity contribution in [3.8, 4) is 21.6 Å². The van der Waals surface area contributed by atoms with Crippen LogP contribution in [0.15, 0.2) is 64.9 Å². The van der Waals surface area contributed by atoms with Crippen molar-refractivity contribution in [2.24, 2.45) is 5.14 Å². The first kappa shape index (κ1) is 14.9. The van der Waals surface area contributed by atoms with E-state index in [1.165, 1.54) is 24.3 Å². The minimum Gasteiger partial charge on any atom is -0.225 e. The number of thiophene rings is 1. The van der Waals surface area contributed by atoms with Gasteiger partial charge in [-0.15, -0.1) is 11.3 Å². The Balaban J connectivity index is 2.03. The van der Waals surface area contributed by atoms with Gasteiger partial charge in [0.05, 0.1) is 4.90 Å². The lowest BCUT2D eigenvalue weighted by Crippen LogP contribution is -2.11. The quantitative estimate of drug-likeness (QED) is 0.791. The van der Waals surface area contributed by atoms with Gasteiger partial charge in [0, 0.05) is 10.4 Å². The fourth-order valence-corrected chi connectivity index (χ4v) is 3.63. The van der Waals surface area contributed by atoms with Gasteiger partial charge in [-0.2, -0.15) is 0 Å². The summed E-state index contributed by atoms with van der Waals surface area (Å²) in [5.74, 6) is -0.280. The van der Waals surface area contributed by atoms with Crippen LogP contribution >= 0.6 is 11.3 Å². The number of primary sulfonamides is 1. The average molecular weight is 333 g/mol. The molecule has 2 aromatic carbocycles. The molecule has 3 rings (SSSR count). The van der Waals surface area contributed by atoms with E-state index < -0.39 is 10.0 Å². The monoisotopic (exact) mass is 333 g/mol. The van der Waals surface area contributed by atoms with E-state index in [4.69, 9.17) is 5.14 Å². The van der Waals surface area contributed by atoms with Crippen LogP contribution in [0.2, 0.25) is 0 Å². The summed E-state index contributed by atoms with van der Waals surface area (Å²) in [6.45, 7) is 0. The molecule has 0 atom stereocenters. The van der Waals surface area contributed by atoms with Crippen LogP contribution in [0.1, 0.15) is 0 Å². The molecule has 0 radical (unpaired) electrons. The third-order valence-corrected chi connectivity index (χ3v) is 5.16. The molecule has 3 aromatic rings. The summed E-state index contributed by atoms with van der Waals surface area (Å²) in [6, 6.07) is 14.6. The standard InChI is InChI=1S/C16H12FNO2S2/c17-13-5-1-11(2-6-13)15-9-10-21-16(15)12-3-7-14(8-4-12)22(18,19)20/h1-10H,(H2,18,19,20). The SMILES string of the molecule is NS(=O)(=O)c1ccc(-c2sccc2-c2ccc(F)cc2)cc1. The second-order valence-electron chi connectivity index (χ2n) is 4.74. The molecule has 0 bridgehead atoms. The van der Waals surface area contributed by atoms with Gasteiger partial charge in [-0.25, -0.2) is 17.9 Å². The van der Waals surface area contributed by atoms with Crippen molar-refractivity contribution in [1.82, 2.24) is 0 Å². The Labute approximate surface area is 131 Å². The molecule has 3 nitrogen and oxygen atoms in total. The van der Waals surface area contributed by atoms with E-state index >= 15 is 0 Å². The Bertz CT molecular complexity index is 898. The van der Waals surface area contributed by atoms with E-state index in [-0.39, 0.29) is 10.7 Å². The Morgan fingerprint density at radius 2 is 1.45 bits per heavy atom. The fraction of sp³-hybridized carbons (Fsp3) is 0. The van der Waals surface area contributed by atoms with E-state index in [2.05, 4.69) is 0 Å². The molecule has 112 valence electrons. The lowest BCUT2D eigenvalue weighted by atomic mass is 10.0. The highest BCUT2D eigenvalue weighted by Gasteiger charge is 2.11. The molecule has 6 heteroatoms. The largest absolute Gasteiger partial charge is 0.238 e. The third-order valence-electron chi connectivity index (χ3n) is 3.27. The molecule has 0 fully saturated rings. The fourth-order valence-electron chi connectivity index (χ4n) is 2.19. The lowest BCUT2D eigenvalue weighted by Gasteiger charge is -2.05. The Hall–Kier alpha value is -2.02. The van der Waals surface area contributed by atoms with Crippen molar-refractivity contribution >= 4 is 21.4 Å². The molecular weight excluding hydrogens is 321 g/mol. The number of hydrogen-bond acceptors (Lipinski definition) is 3. The Kier molecular flexibility index (Phi) is 3.82. The molecule has 0 aliphatic heterocycles. The molecule has 0 unspecified atom stereocenters. The van der Waals surface area contributed by atoms with Crippen LogP contribution in [0.25, 0.3) is 21.6 Å². The summed E-state index contributed by atoms with van der Waals surface area (Å²) < 4.78 is 35.6. The van der Waals surface area contributed by atoms with Gasteiger partial charge in [0.2, 0.25) is 10.0 Å². The minimum absolute atomic E-state index is 0.0798. The highest BCUT2D eigenvalue weighted by molar-refractivity contribution is 7.89. The number of sulfonamides is 1. The zero-order valence-corrected chi connectivity index (χ0v) is 13.0. The normalized spacial score (nSPS) is 11.5. The van der Waals surface area contributed by atoms with Gasteiger partial charge in [-0.3, -0.25) is 0 Å². The highest BCUT2D eigenvalue weighted by Crippen LogP contribution is 2.37. The van der Waals surface area contributed by atoms with Crippen molar-refractivity contribution < 1.29 is 12.8 Å². The van der Waals surface area contributed by atoms with Crippen molar-refractivity contribution in [3.05, 3.63) is 65.8 Å². The predicted octanol–water partition coefficient (Wildman–Crippen LogP) is 3.87. The van der Waals surface area contributed by atoms with E-state index in [1.807, 2.05) is 11.4 Å². The van der Waals surface area contributed by atoms with Gasteiger partial charge in [-0.1, -0.05) is 24.3 Å². The first-order chi connectivity index (χ1) is 10.4. The van der Waals surface area contributed by atoms with Crippen molar-refractivity contribution in [3.63, 3.8) is 0 Å². The molecule has 0 aliphatic carbocycles. The van der Waals surface area contributed by atoms with Crippen LogP contribution in [0.4, 0.5) is 4.39 Å². The summed E-state index contributed by atoms with van der Waals surface area (Å²) in [5.41, 5.74) is 2.78. The van der Waals surface area contributed by atoms with Gasteiger partial charge >= 0.3 is 0 Å². The zero-order valence-electron chi connectivity index (χ0n) is 11.4. The van der Waals surface area contributed by atoms with Crippen LogP contribution in [0, 0.1) is 5.82 Å². The molecule has 0 spiro atoms. The van der Waals surface area contributed by atoms with Crippen LogP contribution < -0.4 is 5.14 Å². The van der Waals surface area contributed by atoms with Crippen LogP contribution in [-0.4, -0.2) is 8.42 Å². The maximum Gasteiger partial charge on any atom is 0.238 e. The molecule has 1 aromatic heterocycles. The topological polar surface area (TPSA) is 60.2 Å². The second kappa shape index (κ2) is 5.64. The molecular formula is C16H12FNO2S2. The number of benzene rings is 2. The minimum atomic E-state index is -3.69. The maximum atomic E-state index is 13.0. The first-order valence-electron chi connectivity index (χ1n) is 6.42. The average Bonchev–Trinajstić information content (AvgIpc) is 2.97. The van der Waals surface area contributed by atoms with Gasteiger partial charge in [0.1, 0.15) is 5.82 Å². The summed E-state index contributed by atoms with van der Waals surface area (Å²) in [5, 5.41) is 7.05. The van der Waals surface area contributed by atoms with Gasteiger partial charge < -0.3 is 0 Å². The molecule has 0 saturated carbocycles. The zero-order chi connectivity index (χ0) is 15.7. The van der Waals surface area contributed by atoms with E-state index in [9.17, 15) is 12.8 Å². The van der Waals surface area contributed by atoms with E-state index in [0.29, 0.717) is 0 Å². The number of nitrogens with two attached hydrogens (primary N) is 1. The van der Waals surface area contributed by atoms with Gasteiger partial charge in [0.25, 0.3) is 0 Å². The number of rotatable bonds is 3. The van der Waals surface area contributed by atoms with Gasteiger partial charge in [0.15, 0.2) is 0 Å². The second-order valence-corrected chi connectivity index (χ2v) is 7.22. The smallest absolute Gasteiger partial charge is 0.225 e. The summed E-state index contributed by atoms with van der Waals surface area (Å²) in [7, 11) is -3.69. The van der Waals surface area contributed by atoms with E-state index in [0.717, 1.165) is 21.6 Å². The maximum absolute atomic E-state index is 13.0. The predicted molar refractivity (Wildman–Crippen MR) is 86.5 cm³/mol. The van der Waals surface area contributed by atoms with E-state index in [1.54, 1.807) is 35.6 Å². The molecule has 0 amide bonds. The van der Waals surface area contributed by atoms with Crippen molar-refractivity contribution in [2.45, 2.75) is 4.90 Å². The molecule has 22 heavy (non-hydrogen) atoms. The van der Waals surface area contributed by atoms with Crippen LogP contribution in [-0.2, 0) is 10.0 Å². The highest BCUT2D eigenvalue weighted by atomic mass is 32.2. The number of halogens is 1. The van der Waals surface area contributed by atoms with Crippen molar-refractivity contribution in [1.29, 1.82) is 0 Å².